The third-order valence-electron chi connectivity index (χ3n) is 28.4. The van der Waals surface area contributed by atoms with Crippen LogP contribution in [0, 0.1) is 0 Å². The summed E-state index contributed by atoms with van der Waals surface area (Å²) in [6.07, 6.45) is 32.7. The van der Waals surface area contributed by atoms with Crippen LogP contribution < -0.4 is 42.5 Å². The molecule has 4 amide bonds. The Hall–Kier alpha value is -14.0. The first kappa shape index (κ1) is 88.6. The van der Waals surface area contributed by atoms with Crippen LogP contribution in [-0.4, -0.2) is 286 Å². The van der Waals surface area contributed by atoms with Crippen molar-refractivity contribution < 1.29 is 53.1 Å². The van der Waals surface area contributed by atoms with Gasteiger partial charge in [0.1, 0.15) is 68.1 Å². The van der Waals surface area contributed by atoms with Crippen LogP contribution in [-0.2, 0) is 23.7 Å². The molecular formula is C96H109N29O11. The number of hydrogen-bond acceptors (Lipinski definition) is 28. The van der Waals surface area contributed by atoms with Gasteiger partial charge in [-0.2, -0.15) is 38.5 Å². The Morgan fingerprint density at radius 3 is 0.868 bits per heavy atom. The van der Waals surface area contributed by atoms with Crippen LogP contribution in [0.25, 0.3) is 112 Å². The van der Waals surface area contributed by atoms with Crippen molar-refractivity contribution in [3.63, 3.8) is 0 Å². The summed E-state index contributed by atoms with van der Waals surface area (Å²) in [7, 11) is 16.1. The molecule has 6 saturated carbocycles. The fourth-order valence-corrected chi connectivity index (χ4v) is 19.8. The zero-order valence-corrected chi connectivity index (χ0v) is 76.9. The normalized spacial score (nSPS) is 22.8. The van der Waals surface area contributed by atoms with Gasteiger partial charge in [-0.3, -0.25) is 19.2 Å². The molecule has 9 atom stereocenters. The summed E-state index contributed by atoms with van der Waals surface area (Å²) in [6, 6.07) is 24.7. The van der Waals surface area contributed by atoms with Gasteiger partial charge < -0.3 is 99.6 Å². The van der Waals surface area contributed by atoms with Crippen molar-refractivity contribution in [3.8, 4) is 45.0 Å². The Labute approximate surface area is 779 Å². The van der Waals surface area contributed by atoms with E-state index >= 15 is 0 Å². The Kier molecular flexibility index (Phi) is 24.1. The molecule has 8 aliphatic rings. The number of likely N-dealkylation sites (N-methyl/N-ethyl adjacent to an activating group) is 1. The molecule has 0 radical (unpaired) electrons. The first-order chi connectivity index (χ1) is 66.4. The highest BCUT2D eigenvalue weighted by Crippen LogP contribution is 2.44. The molecule has 0 bridgehead atoms. The van der Waals surface area contributed by atoms with E-state index in [9.17, 15) is 29.4 Å². The predicted octanol–water partition coefficient (Wildman–Crippen LogP) is 9.62. The number of pyridine rings is 4. The molecule has 18 heterocycles. The van der Waals surface area contributed by atoms with Gasteiger partial charge in [0.2, 0.25) is 0 Å². The number of aromatic nitrogens is 20. The highest BCUT2D eigenvalue weighted by atomic mass is 16.5. The van der Waals surface area contributed by atoms with E-state index in [4.69, 9.17) is 43.6 Å². The highest BCUT2D eigenvalue weighted by Gasteiger charge is 2.40. The van der Waals surface area contributed by atoms with E-state index in [2.05, 4.69) is 150 Å². The number of amides is 4. The number of methoxy groups -OCH3 is 4. The van der Waals surface area contributed by atoms with Crippen LogP contribution in [0.4, 0.5) is 23.3 Å². The van der Waals surface area contributed by atoms with Gasteiger partial charge >= 0.3 is 0 Å². The predicted molar refractivity (Wildman–Crippen MR) is 510 cm³/mol. The average molecular weight is 1850 g/mol. The second-order valence-electron chi connectivity index (χ2n) is 36.3. The molecule has 0 spiro atoms. The minimum Gasteiger partial charge on any atom is -0.393 e. The Balaban J connectivity index is 0.000000108. The molecule has 6 aliphatic carbocycles. The van der Waals surface area contributed by atoms with E-state index in [0.29, 0.717) is 83.2 Å². The molecule has 2 aliphatic heterocycles. The second-order valence-corrected chi connectivity index (χ2v) is 36.3. The maximum atomic E-state index is 13.1. The number of nitrogens with zero attached hydrogens (tertiary/aromatic N) is 21. The highest BCUT2D eigenvalue weighted by molar-refractivity contribution is 6.05. The zero-order valence-electron chi connectivity index (χ0n) is 76.9. The summed E-state index contributed by atoms with van der Waals surface area (Å²) in [4.78, 5) is 92.8. The summed E-state index contributed by atoms with van der Waals surface area (Å²) >= 11 is 0. The van der Waals surface area contributed by atoms with Crippen LogP contribution in [0.1, 0.15) is 149 Å². The van der Waals surface area contributed by atoms with E-state index in [-0.39, 0.29) is 103 Å². The first-order valence-electron chi connectivity index (χ1n) is 46.5. The quantitative estimate of drug-likeness (QED) is 0.0269. The van der Waals surface area contributed by atoms with Gasteiger partial charge in [-0.15, -0.1) is 0 Å². The molecule has 40 heteroatoms. The van der Waals surface area contributed by atoms with Crippen LogP contribution in [0.5, 0.6) is 0 Å². The van der Waals surface area contributed by atoms with Crippen LogP contribution in [0.2, 0.25) is 0 Å². The van der Waals surface area contributed by atoms with Gasteiger partial charge in [0.25, 0.3) is 23.6 Å². The standard InChI is InChI=1S/C24H28N8O2.3C24H27N7O3/c1-25-21-9-19(17-13-31(14-11-30(2)12-14)22-15(17)5-4-8-26-22)28-23-16(10-27-32(21)23)24(33)29-18-6-7-20(18)34-3;1-25-21-10-19(17-12-30(14-7-9-34-13-14)22-15(17)4-3-8-26-22)28-23-16(11-27-31(21)23)24(32)29-18-5-6-20(18)33-2;2*1-25-21-10-19(17-12-30(13-8-14(32)9-13)22-15(17)4-3-7-26-22)28-23-16(11-27-31(21)23)24(33)29-18-5-6-20(18)34-2/h4-5,8-10,13-14,18,20,25H,6-7,11-12H2,1-3H3,(H,29,33);3-4,8,10-12,14,18,20,25H,5-7,9,13H2,1-2H3,(H,29,32);2*3-4,7,10-14,18,20,25,32H,5-6,8-9H2,1-2H3,(H,29,33)/t18?,20-;14-,18?,20+;2*13?,14?,18-,20-/m0110/s1. The number of carbonyl (C=O) groups is 4. The third kappa shape index (κ3) is 16.1. The molecule has 16 aromatic heterocycles. The minimum absolute atomic E-state index is 0.00119. The maximum Gasteiger partial charge on any atom is 0.257 e. The van der Waals surface area contributed by atoms with Crippen molar-refractivity contribution >= 4 is 114 Å². The number of aliphatic hydroxyl groups is 2. The second kappa shape index (κ2) is 37.0. The molecule has 2 saturated heterocycles. The summed E-state index contributed by atoms with van der Waals surface area (Å²) in [5.41, 5.74) is 14.1. The molecule has 16 aromatic rings. The lowest BCUT2D eigenvalue weighted by Gasteiger charge is -2.37. The van der Waals surface area contributed by atoms with E-state index in [1.54, 1.807) is 89.9 Å². The lowest BCUT2D eigenvalue weighted by Crippen LogP contribution is -2.51. The monoisotopic (exact) mass is 1840 g/mol. The van der Waals surface area contributed by atoms with Gasteiger partial charge in [-0.1, -0.05) is 0 Å². The lowest BCUT2D eigenvalue weighted by molar-refractivity contribution is 0.00731. The maximum absolute atomic E-state index is 13.1. The molecule has 40 nitrogen and oxygen atoms in total. The number of likely N-dealkylation sites (tertiary alicyclic amines) is 1. The fourth-order valence-electron chi connectivity index (χ4n) is 19.8. The SMILES string of the molecule is CNc1cc(-c2cn(C3CC(O)C3)c3ncccc23)nc2c(C(=O)N[C@@H]3CC[C@H]3OC)cnn12.CNc1cc(-c2cn(C3CC(O)C3)c3ncccc23)nc2c(C(=O)N[C@H]3CC[C@@H]3OC)cnn12.CNc1cc(-c2cn(C3CN(C)C3)c3ncccc23)nc2c(C(=O)NC3CC[C@@H]3OC)cnn12.CNc1cc(-c2cn([C@@H]3CCOC3)c3ncccc23)nc2c(C(=O)NC3CC[C@@H]3OC)cnn12. The molecule has 24 rings (SSSR count). The summed E-state index contributed by atoms with van der Waals surface area (Å²) in [5, 5.41) is 66.4. The van der Waals surface area contributed by atoms with Gasteiger partial charge in [-0.25, -0.2) is 39.9 Å². The van der Waals surface area contributed by atoms with E-state index in [1.165, 1.54) is 0 Å². The van der Waals surface area contributed by atoms with Crippen molar-refractivity contribution in [2.24, 2.45) is 0 Å². The molecule has 136 heavy (non-hydrogen) atoms. The number of ether oxygens (including phenoxy) is 5. The topological polar surface area (TPSA) is 446 Å². The smallest absolute Gasteiger partial charge is 0.257 e. The largest absolute Gasteiger partial charge is 0.393 e. The molecule has 0 aromatic carbocycles. The Morgan fingerprint density at radius 2 is 0.640 bits per heavy atom. The van der Waals surface area contributed by atoms with Crippen LogP contribution in [0.15, 0.2) is 147 Å². The van der Waals surface area contributed by atoms with Crippen molar-refractivity contribution in [2.75, 3.05) is 111 Å². The van der Waals surface area contributed by atoms with E-state index in [1.807, 2.05) is 95.1 Å². The van der Waals surface area contributed by atoms with E-state index < -0.39 is 0 Å². The van der Waals surface area contributed by atoms with Gasteiger partial charge in [0.05, 0.1) is 127 Å². The molecule has 2 unspecified atom stereocenters. The lowest BCUT2D eigenvalue weighted by atomic mass is 9.89. The average Bonchev–Trinajstić information content (AvgIpc) is 1.60. The number of anilines is 4. The summed E-state index contributed by atoms with van der Waals surface area (Å²) in [5.74, 6) is 2.15. The number of fused-ring (bicyclic) bond motifs is 8. The fraction of sp³-hybridized carbons (Fsp3) is 0.417. The van der Waals surface area contributed by atoms with Crippen molar-refractivity contribution in [1.29, 1.82) is 0 Å². The number of carbonyl (C=O) groups excluding carboxylic acids is 4. The molecule has 10 N–H and O–H groups in total. The molecular weight excluding hydrogens is 1740 g/mol. The van der Waals surface area contributed by atoms with Crippen molar-refractivity contribution in [2.45, 2.75) is 168 Å². The molecule has 8 fully saturated rings. The van der Waals surface area contributed by atoms with Crippen LogP contribution in [0.3, 0.4) is 0 Å². The number of rotatable bonds is 24. The molecule has 704 valence electrons. The van der Waals surface area contributed by atoms with E-state index in [0.717, 1.165) is 190 Å². The Morgan fingerprint density at radius 1 is 0.368 bits per heavy atom. The first-order valence-corrected chi connectivity index (χ1v) is 46.5. The summed E-state index contributed by atoms with van der Waals surface area (Å²) in [6.45, 7) is 3.40. The van der Waals surface area contributed by atoms with Gasteiger partial charge in [0.15, 0.2) is 22.6 Å². The van der Waals surface area contributed by atoms with Crippen molar-refractivity contribution in [3.05, 3.63) is 169 Å². The third-order valence-corrected chi connectivity index (χ3v) is 28.4. The number of hydrogen-bond donors (Lipinski definition) is 10. The zero-order chi connectivity index (χ0) is 93.4. The van der Waals surface area contributed by atoms with Gasteiger partial charge in [0, 0.05) is 206 Å². The van der Waals surface area contributed by atoms with Gasteiger partial charge in [-0.05, 0) is 139 Å². The van der Waals surface area contributed by atoms with Crippen molar-refractivity contribution in [1.82, 2.24) is 123 Å². The number of aliphatic hydroxyl groups excluding tert-OH is 2. The van der Waals surface area contributed by atoms with Crippen LogP contribution >= 0.6 is 0 Å². The number of nitrogens with one attached hydrogen (secondary N) is 8. The summed E-state index contributed by atoms with van der Waals surface area (Å²) < 4.78 is 42.6. The Bertz CT molecular complexity index is 6720. The minimum atomic E-state index is -0.263.